The Labute approximate surface area is 113 Å². The Hall–Kier alpha value is -1.59. The lowest BCUT2D eigenvalue weighted by Crippen LogP contribution is -2.50. The number of rotatable bonds is 3. The van der Waals surface area contributed by atoms with Crippen LogP contribution in [0.2, 0.25) is 0 Å². The lowest BCUT2D eigenvalue weighted by Gasteiger charge is -2.37. The summed E-state index contributed by atoms with van der Waals surface area (Å²) in [6.07, 6.45) is 0. The SMILES string of the molecule is CC1(C)CN(CC(=O)Nc2ccccc2N)CCO1. The molecule has 1 saturated heterocycles. The minimum absolute atomic E-state index is 0.0457. The summed E-state index contributed by atoms with van der Waals surface area (Å²) in [4.78, 5) is 14.1. The number of nitrogens with zero attached hydrogens (tertiary/aromatic N) is 1. The van der Waals surface area contributed by atoms with Crippen molar-refractivity contribution >= 4 is 17.3 Å². The number of nitrogens with two attached hydrogens (primary N) is 1. The van der Waals surface area contributed by atoms with E-state index < -0.39 is 0 Å². The van der Waals surface area contributed by atoms with Gasteiger partial charge in [-0.05, 0) is 26.0 Å². The Morgan fingerprint density at radius 2 is 2.21 bits per heavy atom. The summed E-state index contributed by atoms with van der Waals surface area (Å²) in [5, 5.41) is 2.84. The second kappa shape index (κ2) is 5.59. The lowest BCUT2D eigenvalue weighted by molar-refractivity contribution is -0.122. The number of hydrogen-bond donors (Lipinski definition) is 2. The predicted molar refractivity (Wildman–Crippen MR) is 76.0 cm³/mol. The van der Waals surface area contributed by atoms with Crippen LogP contribution >= 0.6 is 0 Å². The normalized spacial score (nSPS) is 19.1. The molecule has 2 rings (SSSR count). The number of hydrogen-bond acceptors (Lipinski definition) is 4. The number of nitrogen functional groups attached to an aromatic ring is 1. The third-order valence-corrected chi connectivity index (χ3v) is 3.11. The van der Waals surface area contributed by atoms with Crippen LogP contribution in [0, 0.1) is 0 Å². The van der Waals surface area contributed by atoms with Gasteiger partial charge in [-0.3, -0.25) is 9.69 Å². The minimum atomic E-state index is -0.190. The van der Waals surface area contributed by atoms with Crippen LogP contribution in [0.3, 0.4) is 0 Å². The minimum Gasteiger partial charge on any atom is -0.397 e. The van der Waals surface area contributed by atoms with Crippen LogP contribution in [0.4, 0.5) is 11.4 Å². The van der Waals surface area contributed by atoms with E-state index in [0.29, 0.717) is 24.5 Å². The number of carbonyl (C=O) groups excluding carboxylic acids is 1. The molecule has 0 aromatic heterocycles. The molecule has 0 unspecified atom stereocenters. The van der Waals surface area contributed by atoms with E-state index in [-0.39, 0.29) is 11.5 Å². The van der Waals surface area contributed by atoms with Gasteiger partial charge in [-0.2, -0.15) is 0 Å². The van der Waals surface area contributed by atoms with Gasteiger partial charge in [-0.15, -0.1) is 0 Å². The molecule has 1 heterocycles. The summed E-state index contributed by atoms with van der Waals surface area (Å²) >= 11 is 0. The smallest absolute Gasteiger partial charge is 0.238 e. The Balaban J connectivity index is 1.90. The first kappa shape index (κ1) is 13.8. The molecule has 1 aliphatic heterocycles. The highest BCUT2D eigenvalue weighted by Crippen LogP contribution is 2.18. The van der Waals surface area contributed by atoms with Crippen molar-refractivity contribution in [3.63, 3.8) is 0 Å². The molecule has 0 bridgehead atoms. The second-order valence-electron chi connectivity index (χ2n) is 5.45. The monoisotopic (exact) mass is 263 g/mol. The number of carbonyl (C=O) groups is 1. The molecule has 3 N–H and O–H groups in total. The maximum Gasteiger partial charge on any atom is 0.238 e. The molecule has 1 amide bonds. The van der Waals surface area contributed by atoms with Crippen LogP contribution in [-0.4, -0.2) is 42.6 Å². The van der Waals surface area contributed by atoms with Crippen molar-refractivity contribution in [3.05, 3.63) is 24.3 Å². The molecule has 5 heteroatoms. The summed E-state index contributed by atoms with van der Waals surface area (Å²) in [5.41, 5.74) is 6.85. The molecule has 0 radical (unpaired) electrons. The van der Waals surface area contributed by atoms with Crippen LogP contribution in [0.15, 0.2) is 24.3 Å². The predicted octanol–water partition coefficient (Wildman–Crippen LogP) is 1.32. The first-order valence-corrected chi connectivity index (χ1v) is 6.47. The molecular weight excluding hydrogens is 242 g/mol. The number of anilines is 2. The Bertz CT molecular complexity index is 460. The standard InChI is InChI=1S/C14H21N3O2/c1-14(2)10-17(7-8-19-14)9-13(18)16-12-6-4-3-5-11(12)15/h3-6H,7-10,15H2,1-2H3,(H,16,18). The fraction of sp³-hybridized carbons (Fsp3) is 0.500. The molecule has 0 aliphatic carbocycles. The van der Waals surface area contributed by atoms with Gasteiger partial charge in [-0.1, -0.05) is 12.1 Å². The lowest BCUT2D eigenvalue weighted by atomic mass is 10.1. The average molecular weight is 263 g/mol. The van der Waals surface area contributed by atoms with E-state index in [1.165, 1.54) is 0 Å². The third-order valence-electron chi connectivity index (χ3n) is 3.11. The van der Waals surface area contributed by atoms with Gasteiger partial charge in [0.25, 0.3) is 0 Å². The zero-order valence-corrected chi connectivity index (χ0v) is 11.5. The number of ether oxygens (including phenoxy) is 1. The van der Waals surface area contributed by atoms with Crippen LogP contribution in [0.5, 0.6) is 0 Å². The number of para-hydroxylation sites is 2. The number of morpholine rings is 1. The van der Waals surface area contributed by atoms with Gasteiger partial charge >= 0.3 is 0 Å². The maximum atomic E-state index is 12.0. The molecule has 0 spiro atoms. The first-order valence-electron chi connectivity index (χ1n) is 6.47. The topological polar surface area (TPSA) is 67.6 Å². The largest absolute Gasteiger partial charge is 0.397 e. The molecule has 1 aromatic carbocycles. The molecule has 1 fully saturated rings. The first-order chi connectivity index (χ1) is 8.96. The number of nitrogens with one attached hydrogen (secondary N) is 1. The summed E-state index contributed by atoms with van der Waals surface area (Å²) in [6.45, 7) is 6.62. The van der Waals surface area contributed by atoms with E-state index in [2.05, 4.69) is 10.2 Å². The fourth-order valence-corrected chi connectivity index (χ4v) is 2.25. The van der Waals surface area contributed by atoms with Gasteiger partial charge in [-0.25, -0.2) is 0 Å². The summed E-state index contributed by atoms with van der Waals surface area (Å²) in [6, 6.07) is 7.27. The van der Waals surface area contributed by atoms with Crippen molar-refractivity contribution in [2.24, 2.45) is 0 Å². The summed E-state index contributed by atoms with van der Waals surface area (Å²) in [5.74, 6) is -0.0457. The van der Waals surface area contributed by atoms with E-state index in [1.54, 1.807) is 12.1 Å². The Morgan fingerprint density at radius 1 is 1.47 bits per heavy atom. The van der Waals surface area contributed by atoms with Crippen molar-refractivity contribution in [1.82, 2.24) is 4.90 Å². The van der Waals surface area contributed by atoms with E-state index in [0.717, 1.165) is 13.1 Å². The van der Waals surface area contributed by atoms with E-state index in [9.17, 15) is 4.79 Å². The van der Waals surface area contributed by atoms with Crippen molar-refractivity contribution < 1.29 is 9.53 Å². The van der Waals surface area contributed by atoms with Gasteiger partial charge < -0.3 is 15.8 Å². The molecule has 104 valence electrons. The van der Waals surface area contributed by atoms with E-state index >= 15 is 0 Å². The molecule has 5 nitrogen and oxygen atoms in total. The van der Waals surface area contributed by atoms with Crippen molar-refractivity contribution in [2.45, 2.75) is 19.4 Å². The molecule has 1 aliphatic rings. The summed E-state index contributed by atoms with van der Waals surface area (Å²) in [7, 11) is 0. The highest BCUT2D eigenvalue weighted by molar-refractivity contribution is 5.95. The van der Waals surface area contributed by atoms with Gasteiger partial charge in [0, 0.05) is 13.1 Å². The summed E-state index contributed by atoms with van der Waals surface area (Å²) < 4.78 is 5.62. The number of amides is 1. The Morgan fingerprint density at radius 3 is 2.89 bits per heavy atom. The van der Waals surface area contributed by atoms with Crippen molar-refractivity contribution in [3.8, 4) is 0 Å². The van der Waals surface area contributed by atoms with Gasteiger partial charge in [0.05, 0.1) is 30.1 Å². The Kier molecular flexibility index (Phi) is 4.07. The molecule has 19 heavy (non-hydrogen) atoms. The zero-order chi connectivity index (χ0) is 13.9. The van der Waals surface area contributed by atoms with Crippen LogP contribution in [-0.2, 0) is 9.53 Å². The molecular formula is C14H21N3O2. The zero-order valence-electron chi connectivity index (χ0n) is 11.5. The molecule has 0 saturated carbocycles. The van der Waals surface area contributed by atoms with Crippen LogP contribution in [0.25, 0.3) is 0 Å². The highest BCUT2D eigenvalue weighted by atomic mass is 16.5. The van der Waals surface area contributed by atoms with Gasteiger partial charge in [0.2, 0.25) is 5.91 Å². The fourth-order valence-electron chi connectivity index (χ4n) is 2.25. The van der Waals surface area contributed by atoms with Gasteiger partial charge in [0.1, 0.15) is 0 Å². The maximum absolute atomic E-state index is 12.0. The second-order valence-corrected chi connectivity index (χ2v) is 5.45. The van der Waals surface area contributed by atoms with E-state index in [4.69, 9.17) is 10.5 Å². The van der Waals surface area contributed by atoms with Gasteiger partial charge in [0.15, 0.2) is 0 Å². The number of benzene rings is 1. The quantitative estimate of drug-likeness (QED) is 0.807. The van der Waals surface area contributed by atoms with E-state index in [1.807, 2.05) is 26.0 Å². The molecule has 1 aromatic rings. The van der Waals surface area contributed by atoms with Crippen molar-refractivity contribution in [2.75, 3.05) is 37.3 Å². The average Bonchev–Trinajstić information content (AvgIpc) is 2.30. The van der Waals surface area contributed by atoms with Crippen LogP contribution in [0.1, 0.15) is 13.8 Å². The van der Waals surface area contributed by atoms with Crippen LogP contribution < -0.4 is 11.1 Å². The van der Waals surface area contributed by atoms with Crippen molar-refractivity contribution in [1.29, 1.82) is 0 Å². The third kappa shape index (κ3) is 3.94. The molecule has 0 atom stereocenters. The highest BCUT2D eigenvalue weighted by Gasteiger charge is 2.28.